The van der Waals surface area contributed by atoms with Gasteiger partial charge in [0.2, 0.25) is 0 Å². The third-order valence-electron chi connectivity index (χ3n) is 3.21. The van der Waals surface area contributed by atoms with Crippen LogP contribution >= 0.6 is 0 Å². The Balaban J connectivity index is 2.48. The Morgan fingerprint density at radius 1 is 1.21 bits per heavy atom. The van der Waals surface area contributed by atoms with E-state index < -0.39 is 5.92 Å². The van der Waals surface area contributed by atoms with Gasteiger partial charge in [0.05, 0.1) is 0 Å². The van der Waals surface area contributed by atoms with E-state index in [9.17, 15) is 8.78 Å². The molecule has 1 saturated heterocycles. The molecule has 0 saturated carbocycles. The van der Waals surface area contributed by atoms with Crippen molar-refractivity contribution in [3.63, 3.8) is 0 Å². The molecule has 0 aromatic heterocycles. The van der Waals surface area contributed by atoms with E-state index in [1.165, 1.54) is 0 Å². The molecule has 0 aromatic rings. The Morgan fingerprint density at radius 3 is 2.14 bits per heavy atom. The SMILES string of the molecule is CCCC(C)(C)N1CCC(F)(F)CC1. The molecule has 3 heteroatoms. The molecule has 0 bridgehead atoms. The topological polar surface area (TPSA) is 3.24 Å². The van der Waals surface area contributed by atoms with Crippen LogP contribution in [-0.2, 0) is 0 Å². The van der Waals surface area contributed by atoms with E-state index in [1.807, 2.05) is 0 Å². The molecule has 0 unspecified atom stereocenters. The molecule has 1 fully saturated rings. The summed E-state index contributed by atoms with van der Waals surface area (Å²) in [5.41, 5.74) is 0.0885. The summed E-state index contributed by atoms with van der Waals surface area (Å²) in [6.45, 7) is 7.53. The van der Waals surface area contributed by atoms with Gasteiger partial charge >= 0.3 is 0 Å². The van der Waals surface area contributed by atoms with Crippen LogP contribution in [0.15, 0.2) is 0 Å². The van der Waals surface area contributed by atoms with Crippen LogP contribution in [0.25, 0.3) is 0 Å². The van der Waals surface area contributed by atoms with Gasteiger partial charge in [0, 0.05) is 31.5 Å². The predicted octanol–water partition coefficient (Wildman–Crippen LogP) is 3.30. The van der Waals surface area contributed by atoms with Crippen LogP contribution in [0.2, 0.25) is 0 Å². The first-order valence-corrected chi connectivity index (χ1v) is 5.50. The number of nitrogens with zero attached hydrogens (tertiary/aromatic N) is 1. The first kappa shape index (κ1) is 11.9. The average Bonchev–Trinajstić information content (AvgIpc) is 2.03. The molecule has 0 aliphatic carbocycles. The number of alkyl halides is 2. The maximum Gasteiger partial charge on any atom is 0.250 e. The van der Waals surface area contributed by atoms with Crippen LogP contribution in [0.3, 0.4) is 0 Å². The predicted molar refractivity (Wildman–Crippen MR) is 54.7 cm³/mol. The lowest BCUT2D eigenvalue weighted by Gasteiger charge is -2.43. The summed E-state index contributed by atoms with van der Waals surface area (Å²) in [4.78, 5) is 2.20. The summed E-state index contributed by atoms with van der Waals surface area (Å²) in [6.07, 6.45) is 2.25. The molecule has 0 spiro atoms. The van der Waals surface area contributed by atoms with Crippen LogP contribution in [0.5, 0.6) is 0 Å². The summed E-state index contributed by atoms with van der Waals surface area (Å²) in [5.74, 6) is -2.42. The molecule has 1 aliphatic heterocycles. The Kier molecular flexibility index (Phi) is 3.51. The Morgan fingerprint density at radius 2 is 1.71 bits per heavy atom. The van der Waals surface area contributed by atoms with E-state index in [1.54, 1.807) is 0 Å². The number of hydrogen-bond donors (Lipinski definition) is 0. The zero-order valence-electron chi connectivity index (χ0n) is 9.45. The van der Waals surface area contributed by atoms with Crippen molar-refractivity contribution in [1.29, 1.82) is 0 Å². The van der Waals surface area contributed by atoms with Crippen molar-refractivity contribution in [2.24, 2.45) is 0 Å². The van der Waals surface area contributed by atoms with Crippen molar-refractivity contribution in [1.82, 2.24) is 4.90 Å². The molecular weight excluding hydrogens is 184 g/mol. The molecule has 0 N–H and O–H groups in total. The van der Waals surface area contributed by atoms with Crippen molar-refractivity contribution in [2.45, 2.75) is 57.9 Å². The zero-order valence-corrected chi connectivity index (χ0v) is 9.45. The Labute approximate surface area is 85.5 Å². The van der Waals surface area contributed by atoms with Crippen LogP contribution < -0.4 is 0 Å². The van der Waals surface area contributed by atoms with Crippen molar-refractivity contribution in [2.75, 3.05) is 13.1 Å². The summed E-state index contributed by atoms with van der Waals surface area (Å²) in [7, 11) is 0. The van der Waals surface area contributed by atoms with Crippen LogP contribution in [0, 0.1) is 0 Å². The Bertz CT molecular complexity index is 180. The molecule has 1 aliphatic rings. The van der Waals surface area contributed by atoms with E-state index in [0.29, 0.717) is 13.1 Å². The minimum atomic E-state index is -2.42. The normalized spacial score (nSPS) is 23.8. The number of hydrogen-bond acceptors (Lipinski definition) is 1. The van der Waals surface area contributed by atoms with Crippen LogP contribution in [-0.4, -0.2) is 29.5 Å². The van der Waals surface area contributed by atoms with Gasteiger partial charge in [0.15, 0.2) is 0 Å². The fourth-order valence-corrected chi connectivity index (χ4v) is 2.21. The highest BCUT2D eigenvalue weighted by atomic mass is 19.3. The minimum Gasteiger partial charge on any atom is -0.298 e. The van der Waals surface area contributed by atoms with Crippen molar-refractivity contribution in [3.8, 4) is 0 Å². The van der Waals surface area contributed by atoms with Gasteiger partial charge in [0.25, 0.3) is 5.92 Å². The van der Waals surface area contributed by atoms with Crippen molar-refractivity contribution in [3.05, 3.63) is 0 Å². The smallest absolute Gasteiger partial charge is 0.250 e. The number of likely N-dealkylation sites (tertiary alicyclic amines) is 1. The van der Waals surface area contributed by atoms with Crippen molar-refractivity contribution >= 4 is 0 Å². The molecule has 14 heavy (non-hydrogen) atoms. The number of rotatable bonds is 3. The largest absolute Gasteiger partial charge is 0.298 e. The number of piperidine rings is 1. The van der Waals surface area contributed by atoms with E-state index in [2.05, 4.69) is 25.7 Å². The van der Waals surface area contributed by atoms with Gasteiger partial charge in [-0.15, -0.1) is 0 Å². The number of halogens is 2. The lowest BCUT2D eigenvalue weighted by molar-refractivity contribution is -0.0749. The van der Waals surface area contributed by atoms with Gasteiger partial charge in [-0.05, 0) is 20.3 Å². The maximum atomic E-state index is 12.9. The highest BCUT2D eigenvalue weighted by molar-refractivity contribution is 4.87. The maximum absolute atomic E-state index is 12.9. The van der Waals surface area contributed by atoms with Crippen LogP contribution in [0.1, 0.15) is 46.5 Å². The summed E-state index contributed by atoms with van der Waals surface area (Å²) in [5, 5.41) is 0. The van der Waals surface area contributed by atoms with E-state index >= 15 is 0 Å². The third kappa shape index (κ3) is 2.91. The van der Waals surface area contributed by atoms with E-state index in [4.69, 9.17) is 0 Å². The van der Waals surface area contributed by atoms with Crippen molar-refractivity contribution < 1.29 is 8.78 Å². The monoisotopic (exact) mass is 205 g/mol. The molecule has 0 radical (unpaired) electrons. The molecule has 84 valence electrons. The van der Waals surface area contributed by atoms with Gasteiger partial charge in [-0.3, -0.25) is 4.90 Å². The van der Waals surface area contributed by atoms with Gasteiger partial charge in [-0.1, -0.05) is 13.3 Å². The highest BCUT2D eigenvalue weighted by Gasteiger charge is 2.38. The quantitative estimate of drug-likeness (QED) is 0.683. The second-order valence-corrected chi connectivity index (χ2v) is 4.91. The fraction of sp³-hybridized carbons (Fsp3) is 1.00. The molecular formula is C11H21F2N. The van der Waals surface area contributed by atoms with Crippen LogP contribution in [0.4, 0.5) is 8.78 Å². The summed E-state index contributed by atoms with van der Waals surface area (Å²) in [6, 6.07) is 0. The molecule has 1 rings (SSSR count). The standard InChI is InChI=1S/C11H21F2N/c1-4-5-10(2,3)14-8-6-11(12,13)7-9-14/h4-9H2,1-3H3. The first-order valence-electron chi connectivity index (χ1n) is 5.50. The summed E-state index contributed by atoms with van der Waals surface area (Å²) < 4.78 is 25.9. The molecule has 0 aromatic carbocycles. The second kappa shape index (κ2) is 4.13. The first-order chi connectivity index (χ1) is 6.37. The lowest BCUT2D eigenvalue weighted by atomic mass is 9.93. The highest BCUT2D eigenvalue weighted by Crippen LogP contribution is 2.32. The molecule has 1 nitrogen and oxygen atoms in total. The Hall–Kier alpha value is -0.180. The van der Waals surface area contributed by atoms with Gasteiger partial charge < -0.3 is 0 Å². The second-order valence-electron chi connectivity index (χ2n) is 4.91. The summed E-state index contributed by atoms with van der Waals surface area (Å²) >= 11 is 0. The van der Waals surface area contributed by atoms with E-state index in [0.717, 1.165) is 12.8 Å². The fourth-order valence-electron chi connectivity index (χ4n) is 2.21. The average molecular weight is 205 g/mol. The lowest BCUT2D eigenvalue weighted by Crippen LogP contribution is -2.50. The molecule has 1 heterocycles. The third-order valence-corrected chi connectivity index (χ3v) is 3.21. The van der Waals surface area contributed by atoms with E-state index in [-0.39, 0.29) is 18.4 Å². The van der Waals surface area contributed by atoms with Gasteiger partial charge in [-0.25, -0.2) is 8.78 Å². The van der Waals surface area contributed by atoms with Gasteiger partial charge in [0.1, 0.15) is 0 Å². The minimum absolute atomic E-state index is 0.0279. The molecule has 0 amide bonds. The zero-order chi connectivity index (χ0) is 10.8. The van der Waals surface area contributed by atoms with Gasteiger partial charge in [-0.2, -0.15) is 0 Å². The molecule has 0 atom stereocenters.